The molecule has 8 heteroatoms. The average Bonchev–Trinajstić information content (AvgIpc) is 2.60. The smallest absolute Gasteiger partial charge is 0.254 e. The van der Waals surface area contributed by atoms with Crippen molar-refractivity contribution in [3.05, 3.63) is 35.4 Å². The van der Waals surface area contributed by atoms with E-state index in [0.717, 1.165) is 0 Å². The maximum atomic E-state index is 12.6. The Morgan fingerprint density at radius 2 is 0.958 bits per heavy atom. The second-order valence-electron chi connectivity index (χ2n) is 5.02. The summed E-state index contributed by atoms with van der Waals surface area (Å²) in [6.07, 6.45) is 0. The van der Waals surface area contributed by atoms with Gasteiger partial charge in [0.05, 0.1) is 37.6 Å². The number of carbonyl (C=O) groups is 2. The van der Waals surface area contributed by atoms with Crippen LogP contribution in [0.3, 0.4) is 0 Å². The van der Waals surface area contributed by atoms with E-state index in [4.69, 9.17) is 20.4 Å². The summed E-state index contributed by atoms with van der Waals surface area (Å²) in [6.45, 7) is -0.881. The summed E-state index contributed by atoms with van der Waals surface area (Å²) in [4.78, 5) is 27.8. The summed E-state index contributed by atoms with van der Waals surface area (Å²) in [5.74, 6) is -0.954. The van der Waals surface area contributed by atoms with Crippen molar-refractivity contribution < 1.29 is 30.0 Å². The molecule has 8 nitrogen and oxygen atoms in total. The fraction of sp³-hybridized carbons (Fsp3) is 0.500. The molecule has 0 aliphatic rings. The first-order valence-electron chi connectivity index (χ1n) is 7.71. The van der Waals surface area contributed by atoms with Gasteiger partial charge < -0.3 is 30.2 Å². The van der Waals surface area contributed by atoms with Gasteiger partial charge in [0.2, 0.25) is 0 Å². The SMILES string of the molecule is O=C(c1ccccc1C(=O)N(CCO)CCO)N(CCO)CCO. The van der Waals surface area contributed by atoms with Crippen LogP contribution in [0, 0.1) is 0 Å². The van der Waals surface area contributed by atoms with Gasteiger partial charge >= 0.3 is 0 Å². The molecule has 0 atom stereocenters. The molecule has 0 spiro atoms. The highest BCUT2D eigenvalue weighted by atomic mass is 16.3. The van der Waals surface area contributed by atoms with Crippen molar-refractivity contribution in [2.45, 2.75) is 0 Å². The fourth-order valence-corrected chi connectivity index (χ4v) is 2.31. The van der Waals surface area contributed by atoms with Crippen molar-refractivity contribution >= 4 is 11.8 Å². The second kappa shape index (κ2) is 10.7. The van der Waals surface area contributed by atoms with Crippen molar-refractivity contribution in [2.24, 2.45) is 0 Å². The summed E-state index contributed by atoms with van der Waals surface area (Å²) >= 11 is 0. The van der Waals surface area contributed by atoms with Gasteiger partial charge in [-0.15, -0.1) is 0 Å². The molecular weight excluding hydrogens is 316 g/mol. The Morgan fingerprint density at radius 1 is 0.667 bits per heavy atom. The first-order valence-corrected chi connectivity index (χ1v) is 7.71. The van der Waals surface area contributed by atoms with Crippen LogP contribution in [0.4, 0.5) is 0 Å². The molecule has 2 amide bonds. The van der Waals surface area contributed by atoms with E-state index in [0.29, 0.717) is 0 Å². The molecule has 0 saturated heterocycles. The number of benzene rings is 1. The quantitative estimate of drug-likeness (QED) is 0.413. The molecule has 1 rings (SSSR count). The third-order valence-electron chi connectivity index (χ3n) is 3.44. The number of nitrogens with zero attached hydrogens (tertiary/aromatic N) is 2. The Morgan fingerprint density at radius 3 is 1.21 bits per heavy atom. The Labute approximate surface area is 140 Å². The molecule has 24 heavy (non-hydrogen) atoms. The van der Waals surface area contributed by atoms with Gasteiger partial charge in [-0.25, -0.2) is 0 Å². The van der Waals surface area contributed by atoms with Crippen LogP contribution in [0.15, 0.2) is 24.3 Å². The zero-order valence-corrected chi connectivity index (χ0v) is 13.5. The lowest BCUT2D eigenvalue weighted by Crippen LogP contribution is -2.39. The van der Waals surface area contributed by atoms with Crippen LogP contribution >= 0.6 is 0 Å². The minimum Gasteiger partial charge on any atom is -0.395 e. The van der Waals surface area contributed by atoms with Gasteiger partial charge in [-0.2, -0.15) is 0 Å². The topological polar surface area (TPSA) is 122 Å². The Balaban J connectivity index is 3.13. The predicted octanol–water partition coefficient (Wildman–Crippen LogP) is -1.46. The molecule has 0 aliphatic heterocycles. The summed E-state index contributed by atoms with van der Waals surface area (Å²) in [5.41, 5.74) is 0.288. The van der Waals surface area contributed by atoms with Crippen molar-refractivity contribution in [3.63, 3.8) is 0 Å². The average molecular weight is 340 g/mol. The Bertz CT molecular complexity index is 478. The molecule has 0 fully saturated rings. The molecule has 134 valence electrons. The molecule has 0 saturated carbocycles. The molecule has 0 aliphatic carbocycles. The van der Waals surface area contributed by atoms with Gasteiger partial charge in [-0.1, -0.05) is 12.1 Å². The van der Waals surface area contributed by atoms with E-state index in [1.54, 1.807) is 12.1 Å². The van der Waals surface area contributed by atoms with Gasteiger partial charge in [-0.05, 0) is 12.1 Å². The number of amides is 2. The highest BCUT2D eigenvalue weighted by molar-refractivity contribution is 6.07. The number of hydrogen-bond donors (Lipinski definition) is 4. The number of hydrogen-bond acceptors (Lipinski definition) is 6. The molecule has 0 aromatic heterocycles. The van der Waals surface area contributed by atoms with Crippen molar-refractivity contribution in [2.75, 3.05) is 52.6 Å². The second-order valence-corrected chi connectivity index (χ2v) is 5.02. The van der Waals surface area contributed by atoms with E-state index in [9.17, 15) is 9.59 Å². The van der Waals surface area contributed by atoms with Crippen LogP contribution in [0.25, 0.3) is 0 Å². The molecule has 1 aromatic rings. The summed E-state index contributed by atoms with van der Waals surface area (Å²) in [6, 6.07) is 6.21. The standard InChI is InChI=1S/C16H24N2O6/c19-9-5-17(6-10-20)15(23)13-3-1-2-4-14(13)16(24)18(7-11-21)8-12-22/h1-4,19-22H,5-12H2. The molecular formula is C16H24N2O6. The summed E-state index contributed by atoms with van der Waals surface area (Å²) in [5, 5.41) is 36.2. The van der Waals surface area contributed by atoms with Crippen molar-refractivity contribution in [3.8, 4) is 0 Å². The van der Waals surface area contributed by atoms with Crippen LogP contribution in [-0.2, 0) is 0 Å². The van der Waals surface area contributed by atoms with Crippen molar-refractivity contribution in [1.82, 2.24) is 9.80 Å². The van der Waals surface area contributed by atoms with Gasteiger partial charge in [0.1, 0.15) is 0 Å². The van der Waals surface area contributed by atoms with Gasteiger partial charge in [-0.3, -0.25) is 9.59 Å². The molecule has 0 heterocycles. The van der Waals surface area contributed by atoms with Gasteiger partial charge in [0.15, 0.2) is 0 Å². The normalized spacial score (nSPS) is 10.5. The van der Waals surface area contributed by atoms with Crippen LogP contribution in [0.1, 0.15) is 20.7 Å². The van der Waals surface area contributed by atoms with Crippen molar-refractivity contribution in [1.29, 1.82) is 0 Å². The maximum absolute atomic E-state index is 12.6. The van der Waals surface area contributed by atoms with E-state index in [2.05, 4.69) is 0 Å². The molecule has 1 aromatic carbocycles. The number of rotatable bonds is 10. The minimum atomic E-state index is -0.477. The molecule has 0 bridgehead atoms. The number of aliphatic hydroxyl groups excluding tert-OH is 4. The maximum Gasteiger partial charge on any atom is 0.254 e. The van der Waals surface area contributed by atoms with Crippen LogP contribution in [0.5, 0.6) is 0 Å². The lowest BCUT2D eigenvalue weighted by molar-refractivity contribution is 0.0649. The highest BCUT2D eigenvalue weighted by Gasteiger charge is 2.24. The molecule has 4 N–H and O–H groups in total. The van der Waals surface area contributed by atoms with E-state index in [-0.39, 0.29) is 63.7 Å². The highest BCUT2D eigenvalue weighted by Crippen LogP contribution is 2.14. The fourth-order valence-electron chi connectivity index (χ4n) is 2.31. The van der Waals surface area contributed by atoms with Gasteiger partial charge in [0.25, 0.3) is 11.8 Å². The molecule has 0 radical (unpaired) electrons. The number of carbonyl (C=O) groups excluding carboxylic acids is 2. The van der Waals surface area contributed by atoms with E-state index in [1.165, 1.54) is 21.9 Å². The number of aliphatic hydroxyl groups is 4. The van der Waals surface area contributed by atoms with Gasteiger partial charge in [0, 0.05) is 26.2 Å². The minimum absolute atomic E-state index is 0.0406. The zero-order chi connectivity index (χ0) is 17.9. The largest absolute Gasteiger partial charge is 0.395 e. The summed E-state index contributed by atoms with van der Waals surface area (Å²) < 4.78 is 0. The first-order chi connectivity index (χ1) is 11.6. The third-order valence-corrected chi connectivity index (χ3v) is 3.44. The molecule has 0 unspecified atom stereocenters. The Kier molecular flexibility index (Phi) is 8.95. The van der Waals surface area contributed by atoms with Crippen LogP contribution in [-0.4, -0.2) is 94.6 Å². The van der Waals surface area contributed by atoms with E-state index in [1.807, 2.05) is 0 Å². The van der Waals surface area contributed by atoms with Crippen LogP contribution in [0.2, 0.25) is 0 Å². The first kappa shape index (κ1) is 20.0. The zero-order valence-electron chi connectivity index (χ0n) is 13.5. The Hall–Kier alpha value is -2.00. The lowest BCUT2D eigenvalue weighted by atomic mass is 10.0. The lowest BCUT2D eigenvalue weighted by Gasteiger charge is -2.24. The third kappa shape index (κ3) is 5.27. The van der Waals surface area contributed by atoms with E-state index >= 15 is 0 Å². The predicted molar refractivity (Wildman–Crippen MR) is 86.6 cm³/mol. The van der Waals surface area contributed by atoms with E-state index < -0.39 is 11.8 Å². The monoisotopic (exact) mass is 340 g/mol. The van der Waals surface area contributed by atoms with Crippen LogP contribution < -0.4 is 0 Å². The summed E-state index contributed by atoms with van der Waals surface area (Å²) in [7, 11) is 0.